The quantitative estimate of drug-likeness (QED) is 0.793. The third kappa shape index (κ3) is 2.69. The molecule has 5 heteroatoms. The van der Waals surface area contributed by atoms with Crippen LogP contribution in [0.15, 0.2) is 49.2 Å². The summed E-state index contributed by atoms with van der Waals surface area (Å²) < 4.78 is 2.03. The Morgan fingerprint density at radius 3 is 3.00 bits per heavy atom. The fourth-order valence-corrected chi connectivity index (χ4v) is 2.18. The number of hydrogen-bond acceptors (Lipinski definition) is 3. The Kier molecular flexibility index (Phi) is 3.33. The van der Waals surface area contributed by atoms with Crippen molar-refractivity contribution in [3.8, 4) is 0 Å². The van der Waals surface area contributed by atoms with Crippen LogP contribution >= 0.6 is 11.6 Å². The number of anilines is 1. The second kappa shape index (κ2) is 5.28. The van der Waals surface area contributed by atoms with Gasteiger partial charge in [0.2, 0.25) is 0 Å². The number of fused-ring (bicyclic) bond motifs is 1. The summed E-state index contributed by atoms with van der Waals surface area (Å²) >= 11 is 5.97. The molecule has 0 saturated heterocycles. The van der Waals surface area contributed by atoms with Gasteiger partial charge >= 0.3 is 0 Å². The zero-order valence-corrected chi connectivity index (χ0v) is 11.0. The smallest absolute Gasteiger partial charge is 0.0946 e. The Hall–Kier alpha value is -2.07. The summed E-state index contributed by atoms with van der Waals surface area (Å²) in [5.74, 6) is 0. The number of nitrogens with zero attached hydrogens (tertiary/aromatic N) is 3. The molecule has 3 aromatic rings. The Morgan fingerprint density at radius 2 is 2.16 bits per heavy atom. The van der Waals surface area contributed by atoms with Crippen LogP contribution in [0.25, 0.3) is 10.9 Å². The number of imidazole rings is 1. The average molecular weight is 273 g/mol. The molecule has 0 fully saturated rings. The van der Waals surface area contributed by atoms with Crippen molar-refractivity contribution in [1.82, 2.24) is 14.5 Å². The van der Waals surface area contributed by atoms with Crippen LogP contribution in [0.1, 0.15) is 0 Å². The first-order valence-corrected chi connectivity index (χ1v) is 6.44. The Labute approximate surface area is 116 Å². The van der Waals surface area contributed by atoms with Crippen LogP contribution in [-0.2, 0) is 6.54 Å². The van der Waals surface area contributed by atoms with Crippen molar-refractivity contribution >= 4 is 28.2 Å². The van der Waals surface area contributed by atoms with E-state index in [0.717, 1.165) is 29.7 Å². The fraction of sp³-hybridized carbons (Fsp3) is 0.143. The van der Waals surface area contributed by atoms with E-state index in [2.05, 4.69) is 15.3 Å². The third-order valence-electron chi connectivity index (χ3n) is 2.95. The first-order valence-electron chi connectivity index (χ1n) is 6.07. The number of nitrogens with one attached hydrogen (secondary N) is 1. The molecule has 0 aliphatic heterocycles. The number of aromatic nitrogens is 3. The first kappa shape index (κ1) is 12.0. The van der Waals surface area contributed by atoms with E-state index in [-0.39, 0.29) is 0 Å². The molecule has 0 unspecified atom stereocenters. The van der Waals surface area contributed by atoms with Gasteiger partial charge in [-0.25, -0.2) is 4.98 Å². The molecule has 1 N–H and O–H groups in total. The van der Waals surface area contributed by atoms with Gasteiger partial charge in [-0.2, -0.15) is 0 Å². The average Bonchev–Trinajstić information content (AvgIpc) is 2.92. The minimum Gasteiger partial charge on any atom is -0.383 e. The van der Waals surface area contributed by atoms with Gasteiger partial charge < -0.3 is 9.88 Å². The van der Waals surface area contributed by atoms with Crippen LogP contribution in [0.4, 0.5) is 5.69 Å². The van der Waals surface area contributed by atoms with Crippen LogP contribution in [0.3, 0.4) is 0 Å². The van der Waals surface area contributed by atoms with E-state index in [0.29, 0.717) is 5.02 Å². The maximum atomic E-state index is 5.97. The van der Waals surface area contributed by atoms with Crippen LogP contribution in [0.2, 0.25) is 5.02 Å². The van der Waals surface area contributed by atoms with Gasteiger partial charge in [-0.3, -0.25) is 4.98 Å². The molecular weight excluding hydrogens is 260 g/mol. The van der Waals surface area contributed by atoms with E-state index in [1.165, 1.54) is 0 Å². The molecule has 0 aliphatic rings. The van der Waals surface area contributed by atoms with E-state index in [9.17, 15) is 0 Å². The molecule has 2 heterocycles. The van der Waals surface area contributed by atoms with Crippen LogP contribution < -0.4 is 5.32 Å². The summed E-state index contributed by atoms with van der Waals surface area (Å²) in [6, 6.07) is 7.72. The van der Waals surface area contributed by atoms with Gasteiger partial charge in [0.15, 0.2) is 0 Å². The summed E-state index contributed by atoms with van der Waals surface area (Å²) in [7, 11) is 0. The van der Waals surface area contributed by atoms with Gasteiger partial charge in [-0.1, -0.05) is 11.6 Å². The summed E-state index contributed by atoms with van der Waals surface area (Å²) in [5.41, 5.74) is 1.97. The van der Waals surface area contributed by atoms with Crippen molar-refractivity contribution in [3.05, 3.63) is 54.2 Å². The van der Waals surface area contributed by atoms with E-state index in [1.54, 1.807) is 12.4 Å². The largest absolute Gasteiger partial charge is 0.383 e. The predicted octanol–water partition coefficient (Wildman–Crippen LogP) is 3.20. The highest BCUT2D eigenvalue weighted by molar-refractivity contribution is 6.31. The Morgan fingerprint density at radius 1 is 1.21 bits per heavy atom. The number of pyridine rings is 1. The molecule has 19 heavy (non-hydrogen) atoms. The molecule has 0 saturated carbocycles. The van der Waals surface area contributed by atoms with Crippen LogP contribution in [0.5, 0.6) is 0 Å². The van der Waals surface area contributed by atoms with E-state index in [1.807, 2.05) is 41.4 Å². The molecule has 2 aromatic heterocycles. The number of benzene rings is 1. The van der Waals surface area contributed by atoms with Gasteiger partial charge in [0.05, 0.1) is 11.8 Å². The lowest BCUT2D eigenvalue weighted by atomic mass is 10.2. The van der Waals surface area contributed by atoms with Crippen molar-refractivity contribution < 1.29 is 0 Å². The maximum absolute atomic E-state index is 5.97. The lowest BCUT2D eigenvalue weighted by molar-refractivity contribution is 0.727. The highest BCUT2D eigenvalue weighted by Crippen LogP contribution is 2.24. The van der Waals surface area contributed by atoms with Gasteiger partial charge in [0, 0.05) is 47.8 Å². The Bertz CT molecular complexity index is 679. The molecule has 96 valence electrons. The predicted molar refractivity (Wildman–Crippen MR) is 77.5 cm³/mol. The van der Waals surface area contributed by atoms with E-state index in [4.69, 9.17) is 11.6 Å². The number of hydrogen-bond donors (Lipinski definition) is 1. The third-order valence-corrected chi connectivity index (χ3v) is 3.18. The second-order valence-corrected chi connectivity index (χ2v) is 4.68. The van der Waals surface area contributed by atoms with Gasteiger partial charge in [0.1, 0.15) is 0 Å². The summed E-state index contributed by atoms with van der Waals surface area (Å²) in [4.78, 5) is 8.34. The molecule has 0 aliphatic carbocycles. The molecule has 3 rings (SSSR count). The van der Waals surface area contributed by atoms with Crippen LogP contribution in [-0.4, -0.2) is 21.1 Å². The first-order chi connectivity index (χ1) is 9.33. The normalized spacial score (nSPS) is 10.8. The highest BCUT2D eigenvalue weighted by atomic mass is 35.5. The van der Waals surface area contributed by atoms with Crippen molar-refractivity contribution in [1.29, 1.82) is 0 Å². The van der Waals surface area contributed by atoms with Crippen molar-refractivity contribution in [2.24, 2.45) is 0 Å². The molecule has 0 radical (unpaired) electrons. The molecule has 0 spiro atoms. The zero-order chi connectivity index (χ0) is 13.1. The molecule has 0 bridgehead atoms. The van der Waals surface area contributed by atoms with Crippen LogP contribution in [0, 0.1) is 0 Å². The van der Waals surface area contributed by atoms with Crippen molar-refractivity contribution in [3.63, 3.8) is 0 Å². The molecular formula is C14H13ClN4. The standard InChI is InChI=1S/C14H13ClN4/c15-11-1-2-12-13(3-4-17-14(12)9-11)18-6-8-19-7-5-16-10-19/h1-5,7,9-10H,6,8H2,(H,17,18). The lowest BCUT2D eigenvalue weighted by Gasteiger charge is -2.09. The fourth-order valence-electron chi connectivity index (χ4n) is 2.01. The lowest BCUT2D eigenvalue weighted by Crippen LogP contribution is -2.09. The van der Waals surface area contributed by atoms with Gasteiger partial charge in [-0.05, 0) is 24.3 Å². The molecule has 4 nitrogen and oxygen atoms in total. The SMILES string of the molecule is Clc1ccc2c(NCCn3ccnc3)ccnc2c1. The van der Waals surface area contributed by atoms with Crippen molar-refractivity contribution in [2.45, 2.75) is 6.54 Å². The highest BCUT2D eigenvalue weighted by Gasteiger charge is 2.02. The van der Waals surface area contributed by atoms with Crippen molar-refractivity contribution in [2.75, 3.05) is 11.9 Å². The molecule has 1 aromatic carbocycles. The van der Waals surface area contributed by atoms with E-state index < -0.39 is 0 Å². The number of rotatable bonds is 4. The summed E-state index contributed by atoms with van der Waals surface area (Å²) in [5, 5.41) is 5.20. The van der Waals surface area contributed by atoms with Gasteiger partial charge in [0.25, 0.3) is 0 Å². The summed E-state index contributed by atoms with van der Waals surface area (Å²) in [6.07, 6.45) is 7.33. The minimum atomic E-state index is 0.704. The Balaban J connectivity index is 1.77. The number of halogens is 1. The van der Waals surface area contributed by atoms with E-state index >= 15 is 0 Å². The maximum Gasteiger partial charge on any atom is 0.0946 e. The second-order valence-electron chi connectivity index (χ2n) is 4.25. The topological polar surface area (TPSA) is 42.7 Å². The van der Waals surface area contributed by atoms with Gasteiger partial charge in [-0.15, -0.1) is 0 Å². The molecule has 0 amide bonds. The molecule has 0 atom stereocenters. The summed E-state index contributed by atoms with van der Waals surface area (Å²) in [6.45, 7) is 1.70. The minimum absolute atomic E-state index is 0.704. The monoisotopic (exact) mass is 272 g/mol. The zero-order valence-electron chi connectivity index (χ0n) is 10.3.